The van der Waals surface area contributed by atoms with Crippen LogP contribution in [0.15, 0.2) is 70.7 Å². The molecule has 0 amide bonds. The third kappa shape index (κ3) is 2.89. The number of nitrogens with one attached hydrogen (secondary N) is 1. The van der Waals surface area contributed by atoms with Gasteiger partial charge < -0.3 is 10.7 Å². The fourth-order valence-electron chi connectivity index (χ4n) is 3.02. The molecule has 0 saturated carbocycles. The van der Waals surface area contributed by atoms with Gasteiger partial charge in [0.15, 0.2) is 0 Å². The van der Waals surface area contributed by atoms with Crippen molar-refractivity contribution in [2.45, 2.75) is 9.92 Å². The Morgan fingerprint density at radius 3 is 2.37 bits per heavy atom. The molecule has 0 aliphatic rings. The van der Waals surface area contributed by atoms with E-state index in [1.807, 2.05) is 54.6 Å². The third-order valence-corrected chi connectivity index (χ3v) is 5.23. The van der Waals surface area contributed by atoms with Crippen LogP contribution in [0.1, 0.15) is 11.1 Å². The van der Waals surface area contributed by atoms with E-state index < -0.39 is 0 Å². The predicted octanol–water partition coefficient (Wildman–Crippen LogP) is 4.71. The van der Waals surface area contributed by atoms with Crippen molar-refractivity contribution in [3.63, 3.8) is 0 Å². The summed E-state index contributed by atoms with van der Waals surface area (Å²) in [6.07, 6.45) is 1.80. The predicted molar refractivity (Wildman–Crippen MR) is 106 cm³/mol. The second-order valence-electron chi connectivity index (χ2n) is 5.81. The number of nitrogens with two attached hydrogens (primary N) is 1. The highest BCUT2D eigenvalue weighted by atomic mass is 32.2. The molecule has 4 aromatic rings. The van der Waals surface area contributed by atoms with E-state index in [4.69, 9.17) is 5.73 Å². The summed E-state index contributed by atoms with van der Waals surface area (Å²) >= 11 is 1.36. The van der Waals surface area contributed by atoms with Gasteiger partial charge in [0.1, 0.15) is 28.5 Å². The van der Waals surface area contributed by atoms with E-state index in [0.29, 0.717) is 16.2 Å². The second-order valence-corrected chi connectivity index (χ2v) is 6.88. The lowest BCUT2D eigenvalue weighted by Crippen LogP contribution is -2.03. The summed E-state index contributed by atoms with van der Waals surface area (Å²) in [5, 5.41) is 21.0. The van der Waals surface area contributed by atoms with Crippen molar-refractivity contribution in [3.05, 3.63) is 71.9 Å². The number of pyridine rings is 1. The first kappa shape index (κ1) is 16.7. The summed E-state index contributed by atoms with van der Waals surface area (Å²) < 4.78 is 0. The highest BCUT2D eigenvalue weighted by molar-refractivity contribution is 7.99. The first-order valence-electron chi connectivity index (χ1n) is 8.16. The molecule has 0 atom stereocenters. The van der Waals surface area contributed by atoms with Gasteiger partial charge in [0.2, 0.25) is 0 Å². The normalized spacial score (nSPS) is 10.4. The molecule has 0 spiro atoms. The molecule has 2 heterocycles. The fourth-order valence-corrected chi connectivity index (χ4v) is 3.93. The standard InChI is InChI=1S/C21H13N5S/c22-10-15-19(17-12-25-18-9-5-4-8-14(17)18)16(11-23)21(26-20(15)24)27-13-6-2-1-3-7-13/h1-9,12,25H,(H2,24,26). The van der Waals surface area contributed by atoms with Gasteiger partial charge in [0, 0.05) is 33.1 Å². The minimum absolute atomic E-state index is 0.121. The van der Waals surface area contributed by atoms with Crippen molar-refractivity contribution < 1.29 is 0 Å². The molecule has 0 aliphatic carbocycles. The van der Waals surface area contributed by atoms with Crippen LogP contribution in [0.4, 0.5) is 5.82 Å². The fraction of sp³-hybridized carbons (Fsp3) is 0. The quantitative estimate of drug-likeness (QED) is 0.546. The molecule has 27 heavy (non-hydrogen) atoms. The molecule has 6 heteroatoms. The van der Waals surface area contributed by atoms with Gasteiger partial charge in [-0.15, -0.1) is 0 Å². The minimum atomic E-state index is 0.121. The summed E-state index contributed by atoms with van der Waals surface area (Å²) in [4.78, 5) is 8.48. The first-order valence-corrected chi connectivity index (χ1v) is 8.97. The molecule has 0 saturated heterocycles. The van der Waals surface area contributed by atoms with Crippen LogP contribution < -0.4 is 5.73 Å². The monoisotopic (exact) mass is 367 g/mol. The molecule has 0 unspecified atom stereocenters. The topological polar surface area (TPSA) is 102 Å². The minimum Gasteiger partial charge on any atom is -0.383 e. The smallest absolute Gasteiger partial charge is 0.143 e. The van der Waals surface area contributed by atoms with Gasteiger partial charge >= 0.3 is 0 Å². The third-order valence-electron chi connectivity index (χ3n) is 4.23. The van der Waals surface area contributed by atoms with Crippen LogP contribution in [0.25, 0.3) is 22.0 Å². The number of hydrogen-bond donors (Lipinski definition) is 2. The molecule has 0 fully saturated rings. The summed E-state index contributed by atoms with van der Waals surface area (Å²) in [5.41, 5.74) is 8.86. The maximum absolute atomic E-state index is 9.90. The maximum atomic E-state index is 9.90. The first-order chi connectivity index (χ1) is 13.2. The van der Waals surface area contributed by atoms with Crippen LogP contribution in [-0.2, 0) is 0 Å². The van der Waals surface area contributed by atoms with Gasteiger partial charge in [-0.25, -0.2) is 4.98 Å². The zero-order valence-electron chi connectivity index (χ0n) is 14.1. The SMILES string of the molecule is N#Cc1c(N)nc(Sc2ccccc2)c(C#N)c1-c1c[nH]c2ccccc12. The molecule has 0 bridgehead atoms. The summed E-state index contributed by atoms with van der Waals surface area (Å²) in [6, 6.07) is 21.7. The lowest BCUT2D eigenvalue weighted by atomic mass is 9.96. The number of rotatable bonds is 3. The maximum Gasteiger partial charge on any atom is 0.143 e. The Labute approximate surface area is 160 Å². The van der Waals surface area contributed by atoms with Crippen LogP contribution in [0.2, 0.25) is 0 Å². The summed E-state index contributed by atoms with van der Waals surface area (Å²) in [7, 11) is 0. The Morgan fingerprint density at radius 2 is 1.63 bits per heavy atom. The lowest BCUT2D eigenvalue weighted by Gasteiger charge is -2.12. The molecule has 3 N–H and O–H groups in total. The van der Waals surface area contributed by atoms with E-state index in [2.05, 4.69) is 22.1 Å². The summed E-state index contributed by atoms with van der Waals surface area (Å²) in [5.74, 6) is 0.121. The van der Waals surface area contributed by atoms with E-state index in [-0.39, 0.29) is 11.4 Å². The Morgan fingerprint density at radius 1 is 0.926 bits per heavy atom. The van der Waals surface area contributed by atoms with Crippen molar-refractivity contribution in [2.75, 3.05) is 5.73 Å². The van der Waals surface area contributed by atoms with Crippen LogP contribution in [0, 0.1) is 22.7 Å². The van der Waals surface area contributed by atoms with E-state index in [1.54, 1.807) is 6.20 Å². The van der Waals surface area contributed by atoms with Crippen molar-refractivity contribution >= 4 is 28.5 Å². The van der Waals surface area contributed by atoms with Gasteiger partial charge in [0.05, 0.1) is 5.56 Å². The van der Waals surface area contributed by atoms with E-state index >= 15 is 0 Å². The van der Waals surface area contributed by atoms with E-state index in [9.17, 15) is 10.5 Å². The van der Waals surface area contributed by atoms with Crippen molar-refractivity contribution in [2.24, 2.45) is 0 Å². The molecule has 5 nitrogen and oxygen atoms in total. The van der Waals surface area contributed by atoms with Crippen LogP contribution in [-0.4, -0.2) is 9.97 Å². The second kappa shape index (κ2) is 6.87. The van der Waals surface area contributed by atoms with Gasteiger partial charge in [-0.05, 0) is 18.2 Å². The van der Waals surface area contributed by atoms with Gasteiger partial charge in [0.25, 0.3) is 0 Å². The Bertz CT molecular complexity index is 1230. The number of nitriles is 2. The van der Waals surface area contributed by atoms with Crippen LogP contribution >= 0.6 is 11.8 Å². The average molecular weight is 367 g/mol. The molecular weight excluding hydrogens is 354 g/mol. The van der Waals surface area contributed by atoms with Gasteiger partial charge in [-0.3, -0.25) is 0 Å². The van der Waals surface area contributed by atoms with Gasteiger partial charge in [-0.1, -0.05) is 48.2 Å². The Hall–Kier alpha value is -3.74. The molecular formula is C21H13N5S. The number of nitrogen functional groups attached to an aromatic ring is 1. The molecule has 2 aromatic carbocycles. The van der Waals surface area contributed by atoms with E-state index in [1.165, 1.54) is 11.8 Å². The Balaban J connectivity index is 2.00. The number of aromatic nitrogens is 2. The van der Waals surface area contributed by atoms with Crippen LogP contribution in [0.5, 0.6) is 0 Å². The average Bonchev–Trinajstić information content (AvgIpc) is 3.12. The van der Waals surface area contributed by atoms with Crippen molar-refractivity contribution in [3.8, 4) is 23.3 Å². The molecule has 0 aliphatic heterocycles. The largest absolute Gasteiger partial charge is 0.383 e. The zero-order valence-corrected chi connectivity index (χ0v) is 14.9. The number of hydrogen-bond acceptors (Lipinski definition) is 5. The number of benzene rings is 2. The molecule has 128 valence electrons. The summed E-state index contributed by atoms with van der Waals surface area (Å²) in [6.45, 7) is 0. The number of aromatic amines is 1. The highest BCUT2D eigenvalue weighted by Gasteiger charge is 2.22. The molecule has 0 radical (unpaired) electrons. The van der Waals surface area contributed by atoms with E-state index in [0.717, 1.165) is 21.4 Å². The molecule has 2 aromatic heterocycles. The molecule has 4 rings (SSSR count). The zero-order chi connectivity index (χ0) is 18.8. The lowest BCUT2D eigenvalue weighted by molar-refractivity contribution is 1.11. The Kier molecular flexibility index (Phi) is 4.25. The number of fused-ring (bicyclic) bond motifs is 1. The number of anilines is 1. The highest BCUT2D eigenvalue weighted by Crippen LogP contribution is 2.40. The van der Waals surface area contributed by atoms with Crippen molar-refractivity contribution in [1.29, 1.82) is 10.5 Å². The van der Waals surface area contributed by atoms with Crippen molar-refractivity contribution in [1.82, 2.24) is 9.97 Å². The number of nitrogens with zero attached hydrogens (tertiary/aromatic N) is 3. The van der Waals surface area contributed by atoms with Crippen LogP contribution in [0.3, 0.4) is 0 Å². The number of H-pyrrole nitrogens is 1. The van der Waals surface area contributed by atoms with Gasteiger partial charge in [-0.2, -0.15) is 10.5 Å². The number of para-hydroxylation sites is 1.